The molecule has 23 heavy (non-hydrogen) atoms. The fourth-order valence-corrected chi connectivity index (χ4v) is 2.87. The molecule has 0 saturated carbocycles. The van der Waals surface area contributed by atoms with Crippen LogP contribution in [0.2, 0.25) is 5.02 Å². The quantitative estimate of drug-likeness (QED) is 0.772. The van der Waals surface area contributed by atoms with E-state index in [9.17, 15) is 4.79 Å². The van der Waals surface area contributed by atoms with Crippen LogP contribution in [0.15, 0.2) is 30.5 Å². The summed E-state index contributed by atoms with van der Waals surface area (Å²) in [6, 6.07) is 7.36. The Balaban J connectivity index is 1.61. The van der Waals surface area contributed by atoms with Crippen LogP contribution < -0.4 is 10.6 Å². The lowest BCUT2D eigenvalue weighted by atomic mass is 10.1. The molecule has 3 N–H and O–H groups in total. The summed E-state index contributed by atoms with van der Waals surface area (Å²) in [4.78, 5) is 14.7. The number of amides is 1. The van der Waals surface area contributed by atoms with Crippen LogP contribution in [-0.2, 0) is 0 Å². The smallest absolute Gasteiger partial charge is 0.255 e. The van der Waals surface area contributed by atoms with Gasteiger partial charge in [-0.2, -0.15) is 5.10 Å². The molecule has 6 nitrogen and oxygen atoms in total. The van der Waals surface area contributed by atoms with E-state index < -0.39 is 0 Å². The van der Waals surface area contributed by atoms with Gasteiger partial charge in [0, 0.05) is 49.9 Å². The van der Waals surface area contributed by atoms with Crippen LogP contribution >= 0.6 is 11.6 Å². The van der Waals surface area contributed by atoms with Gasteiger partial charge in [0.1, 0.15) is 0 Å². The first kappa shape index (κ1) is 16.0. The fourth-order valence-electron chi connectivity index (χ4n) is 2.68. The lowest BCUT2D eigenvalue weighted by molar-refractivity contribution is 0.0948. The molecule has 1 aliphatic heterocycles. The Labute approximate surface area is 140 Å². The Morgan fingerprint density at radius 1 is 1.35 bits per heavy atom. The number of nitrogens with one attached hydrogen (secondary N) is 3. The molecule has 0 radical (unpaired) electrons. The second-order valence-electron chi connectivity index (χ2n) is 5.52. The molecule has 1 aromatic heterocycles. The maximum Gasteiger partial charge on any atom is 0.255 e. The van der Waals surface area contributed by atoms with E-state index in [0.29, 0.717) is 22.8 Å². The maximum atomic E-state index is 12.4. The summed E-state index contributed by atoms with van der Waals surface area (Å²) in [5, 5.41) is 13.8. The first-order chi connectivity index (χ1) is 11.2. The molecule has 2 aromatic rings. The van der Waals surface area contributed by atoms with E-state index >= 15 is 0 Å². The van der Waals surface area contributed by atoms with Gasteiger partial charge in [-0.15, -0.1) is 0 Å². The minimum Gasteiger partial charge on any atom is -0.351 e. The molecule has 0 bridgehead atoms. The van der Waals surface area contributed by atoms with Gasteiger partial charge in [0.2, 0.25) is 0 Å². The van der Waals surface area contributed by atoms with Crippen molar-refractivity contribution in [3.05, 3.63) is 41.0 Å². The molecule has 0 spiro atoms. The number of hydrogen-bond acceptors (Lipinski definition) is 4. The van der Waals surface area contributed by atoms with Gasteiger partial charge in [-0.3, -0.25) is 14.8 Å². The van der Waals surface area contributed by atoms with E-state index in [1.165, 1.54) is 0 Å². The SMILES string of the molecule is O=C(NCCN1CCNCC1)c1cn[nH]c1-c1cccc(Cl)c1. The third-order valence-corrected chi connectivity index (χ3v) is 4.16. The van der Waals surface area contributed by atoms with E-state index in [2.05, 4.69) is 25.7 Å². The molecule has 0 atom stereocenters. The lowest BCUT2D eigenvalue weighted by Crippen LogP contribution is -2.46. The molecule has 1 aromatic carbocycles. The predicted octanol–water partition coefficient (Wildman–Crippen LogP) is 1.37. The average Bonchev–Trinajstić information content (AvgIpc) is 3.05. The van der Waals surface area contributed by atoms with E-state index in [0.717, 1.165) is 38.3 Å². The highest BCUT2D eigenvalue weighted by atomic mass is 35.5. The number of rotatable bonds is 5. The molecule has 1 saturated heterocycles. The molecule has 1 fully saturated rings. The topological polar surface area (TPSA) is 73.1 Å². The molecule has 1 aliphatic rings. The van der Waals surface area contributed by atoms with E-state index in [4.69, 9.17) is 11.6 Å². The lowest BCUT2D eigenvalue weighted by Gasteiger charge is -2.27. The molecule has 2 heterocycles. The summed E-state index contributed by atoms with van der Waals surface area (Å²) in [5.74, 6) is -0.121. The van der Waals surface area contributed by atoms with Crippen molar-refractivity contribution in [1.82, 2.24) is 25.7 Å². The number of nitrogens with zero attached hydrogens (tertiary/aromatic N) is 2. The summed E-state index contributed by atoms with van der Waals surface area (Å²) < 4.78 is 0. The number of aromatic nitrogens is 2. The zero-order valence-corrected chi connectivity index (χ0v) is 13.6. The highest BCUT2D eigenvalue weighted by Gasteiger charge is 2.16. The van der Waals surface area contributed by atoms with E-state index in [1.807, 2.05) is 18.2 Å². The van der Waals surface area contributed by atoms with Crippen molar-refractivity contribution < 1.29 is 4.79 Å². The van der Waals surface area contributed by atoms with Crippen LogP contribution in [0.3, 0.4) is 0 Å². The van der Waals surface area contributed by atoms with Gasteiger partial charge in [0.25, 0.3) is 5.91 Å². The zero-order chi connectivity index (χ0) is 16.1. The summed E-state index contributed by atoms with van der Waals surface area (Å²) >= 11 is 6.02. The summed E-state index contributed by atoms with van der Waals surface area (Å²) in [6.07, 6.45) is 1.55. The maximum absolute atomic E-state index is 12.4. The first-order valence-corrected chi connectivity index (χ1v) is 8.12. The van der Waals surface area contributed by atoms with Crippen LogP contribution in [0, 0.1) is 0 Å². The first-order valence-electron chi connectivity index (χ1n) is 7.74. The Bertz CT molecular complexity index is 666. The Morgan fingerprint density at radius 2 is 2.17 bits per heavy atom. The number of carbonyl (C=O) groups is 1. The second kappa shape index (κ2) is 7.59. The molecule has 0 aliphatic carbocycles. The van der Waals surface area contributed by atoms with Crippen LogP contribution in [0.25, 0.3) is 11.3 Å². The summed E-state index contributed by atoms with van der Waals surface area (Å²) in [7, 11) is 0. The molecule has 0 unspecified atom stereocenters. The van der Waals surface area contributed by atoms with Gasteiger partial charge in [0.15, 0.2) is 0 Å². The highest BCUT2D eigenvalue weighted by molar-refractivity contribution is 6.30. The number of carbonyl (C=O) groups excluding carboxylic acids is 1. The van der Waals surface area contributed by atoms with Crippen LogP contribution in [0.4, 0.5) is 0 Å². The number of halogens is 1. The van der Waals surface area contributed by atoms with Gasteiger partial charge < -0.3 is 10.6 Å². The van der Waals surface area contributed by atoms with Gasteiger partial charge in [0.05, 0.1) is 17.5 Å². The van der Waals surface area contributed by atoms with E-state index in [-0.39, 0.29) is 5.91 Å². The minimum absolute atomic E-state index is 0.121. The van der Waals surface area contributed by atoms with Crippen molar-refractivity contribution in [1.29, 1.82) is 0 Å². The molecule has 7 heteroatoms. The Morgan fingerprint density at radius 3 is 2.96 bits per heavy atom. The number of aromatic amines is 1. The number of H-pyrrole nitrogens is 1. The van der Waals surface area contributed by atoms with Crippen molar-refractivity contribution in [2.24, 2.45) is 0 Å². The average molecular weight is 334 g/mol. The predicted molar refractivity (Wildman–Crippen MR) is 90.7 cm³/mol. The largest absolute Gasteiger partial charge is 0.351 e. The van der Waals surface area contributed by atoms with Gasteiger partial charge in [-0.25, -0.2) is 0 Å². The molecule has 122 valence electrons. The van der Waals surface area contributed by atoms with Gasteiger partial charge in [-0.1, -0.05) is 23.7 Å². The summed E-state index contributed by atoms with van der Waals surface area (Å²) in [5.41, 5.74) is 2.07. The Kier molecular flexibility index (Phi) is 5.27. The van der Waals surface area contributed by atoms with Gasteiger partial charge >= 0.3 is 0 Å². The molecular formula is C16H20ClN5O. The minimum atomic E-state index is -0.121. The van der Waals surface area contributed by atoms with Gasteiger partial charge in [-0.05, 0) is 12.1 Å². The van der Waals surface area contributed by atoms with E-state index in [1.54, 1.807) is 12.3 Å². The van der Waals surface area contributed by atoms with Crippen molar-refractivity contribution in [2.75, 3.05) is 39.3 Å². The molecule has 3 rings (SSSR count). The third kappa shape index (κ3) is 4.10. The normalized spacial score (nSPS) is 15.5. The van der Waals surface area contributed by atoms with Crippen LogP contribution in [0.1, 0.15) is 10.4 Å². The number of benzene rings is 1. The third-order valence-electron chi connectivity index (χ3n) is 3.92. The van der Waals surface area contributed by atoms with Crippen molar-refractivity contribution >= 4 is 17.5 Å². The zero-order valence-electron chi connectivity index (χ0n) is 12.8. The number of piperazine rings is 1. The molecular weight excluding hydrogens is 314 g/mol. The fraction of sp³-hybridized carbons (Fsp3) is 0.375. The standard InChI is InChI=1S/C16H20ClN5O/c17-13-3-1-2-12(10-13)15-14(11-20-21-15)16(23)19-6-9-22-7-4-18-5-8-22/h1-3,10-11,18H,4-9H2,(H,19,23)(H,20,21). The van der Waals surface area contributed by atoms with Crippen molar-refractivity contribution in [3.63, 3.8) is 0 Å². The highest BCUT2D eigenvalue weighted by Crippen LogP contribution is 2.23. The Hall–Kier alpha value is -1.89. The second-order valence-corrected chi connectivity index (χ2v) is 5.95. The van der Waals surface area contributed by atoms with Crippen molar-refractivity contribution in [3.8, 4) is 11.3 Å². The monoisotopic (exact) mass is 333 g/mol. The summed E-state index contributed by atoms with van der Waals surface area (Å²) in [6.45, 7) is 5.55. The number of hydrogen-bond donors (Lipinski definition) is 3. The van der Waals surface area contributed by atoms with Crippen molar-refractivity contribution in [2.45, 2.75) is 0 Å². The van der Waals surface area contributed by atoms with Crippen LogP contribution in [0.5, 0.6) is 0 Å². The van der Waals surface area contributed by atoms with Crippen LogP contribution in [-0.4, -0.2) is 60.3 Å². The molecule has 1 amide bonds.